The molecule has 0 N–H and O–H groups in total. The summed E-state index contributed by atoms with van der Waals surface area (Å²) < 4.78 is 37.3. The lowest BCUT2D eigenvalue weighted by molar-refractivity contribution is 0.0674. The van der Waals surface area contributed by atoms with Gasteiger partial charge in [0.25, 0.3) is 5.91 Å². The molecule has 6 nitrogen and oxygen atoms in total. The Bertz CT molecular complexity index is 1000. The standard InChI is InChI=1S/C19H21ClFN3O3S2/c1-12(2)28-19-22-9-16(20)17(23-19)18(25)24(15-7-8-29(26,27)11-15)10-13-3-5-14(21)6-4-13/h3-6,9,12,15H,7-8,10-11H2,1-2H3/t15-/m0/s1. The van der Waals surface area contributed by atoms with Crippen molar-refractivity contribution in [3.63, 3.8) is 0 Å². The van der Waals surface area contributed by atoms with Gasteiger partial charge in [-0.15, -0.1) is 0 Å². The number of thioether (sulfide) groups is 1. The van der Waals surface area contributed by atoms with Crippen LogP contribution in [-0.2, 0) is 16.4 Å². The molecule has 0 spiro atoms. The fourth-order valence-electron chi connectivity index (χ4n) is 3.08. The molecule has 29 heavy (non-hydrogen) atoms. The molecule has 0 bridgehead atoms. The SMILES string of the molecule is CC(C)Sc1ncc(Cl)c(C(=O)N(Cc2ccc(F)cc2)[C@H]2CCS(=O)(=O)C2)n1. The van der Waals surface area contributed by atoms with Crippen molar-refractivity contribution in [3.05, 3.63) is 52.6 Å². The Morgan fingerprint density at radius 1 is 1.34 bits per heavy atom. The van der Waals surface area contributed by atoms with Gasteiger partial charge in [0.1, 0.15) is 5.82 Å². The van der Waals surface area contributed by atoms with E-state index in [1.54, 1.807) is 12.1 Å². The summed E-state index contributed by atoms with van der Waals surface area (Å²) in [5.74, 6) is -0.939. The van der Waals surface area contributed by atoms with Crippen LogP contribution in [0.3, 0.4) is 0 Å². The van der Waals surface area contributed by atoms with E-state index in [4.69, 9.17) is 11.6 Å². The van der Waals surface area contributed by atoms with Crippen LogP contribution in [0.1, 0.15) is 36.3 Å². The number of halogens is 2. The van der Waals surface area contributed by atoms with Gasteiger partial charge in [-0.05, 0) is 24.1 Å². The van der Waals surface area contributed by atoms with Crippen LogP contribution in [0, 0.1) is 5.82 Å². The first-order valence-electron chi connectivity index (χ1n) is 9.09. The van der Waals surface area contributed by atoms with Crippen LogP contribution in [0.2, 0.25) is 5.02 Å². The summed E-state index contributed by atoms with van der Waals surface area (Å²) in [6.07, 6.45) is 1.72. The highest BCUT2D eigenvalue weighted by atomic mass is 35.5. The summed E-state index contributed by atoms with van der Waals surface area (Å²) in [6, 6.07) is 5.25. The van der Waals surface area contributed by atoms with Crippen molar-refractivity contribution in [1.82, 2.24) is 14.9 Å². The van der Waals surface area contributed by atoms with E-state index in [0.717, 1.165) is 0 Å². The van der Waals surface area contributed by atoms with Crippen LogP contribution >= 0.6 is 23.4 Å². The molecule has 1 aromatic carbocycles. The van der Waals surface area contributed by atoms with E-state index in [0.29, 0.717) is 17.1 Å². The number of sulfone groups is 1. The number of nitrogens with zero attached hydrogens (tertiary/aromatic N) is 3. The maximum Gasteiger partial charge on any atom is 0.274 e. The number of amides is 1. The van der Waals surface area contributed by atoms with Gasteiger partial charge in [0.05, 0.1) is 22.7 Å². The van der Waals surface area contributed by atoms with E-state index < -0.39 is 21.8 Å². The molecule has 1 aliphatic rings. The number of benzene rings is 1. The van der Waals surface area contributed by atoms with E-state index in [9.17, 15) is 17.6 Å². The quantitative estimate of drug-likeness (QED) is 0.487. The number of hydrogen-bond donors (Lipinski definition) is 0. The summed E-state index contributed by atoms with van der Waals surface area (Å²) in [5.41, 5.74) is 0.724. The highest BCUT2D eigenvalue weighted by Gasteiger charge is 2.36. The molecule has 0 aliphatic carbocycles. The molecule has 0 radical (unpaired) electrons. The van der Waals surface area contributed by atoms with Crippen LogP contribution in [0.15, 0.2) is 35.6 Å². The van der Waals surface area contributed by atoms with Crippen molar-refractivity contribution in [1.29, 1.82) is 0 Å². The zero-order valence-electron chi connectivity index (χ0n) is 16.0. The van der Waals surface area contributed by atoms with Crippen molar-refractivity contribution in [2.45, 2.75) is 43.3 Å². The maximum atomic E-state index is 13.3. The van der Waals surface area contributed by atoms with Crippen molar-refractivity contribution < 1.29 is 17.6 Å². The van der Waals surface area contributed by atoms with Crippen LogP contribution in [0.25, 0.3) is 0 Å². The second-order valence-electron chi connectivity index (χ2n) is 7.13. The van der Waals surface area contributed by atoms with Gasteiger partial charge >= 0.3 is 0 Å². The number of carbonyl (C=O) groups is 1. The van der Waals surface area contributed by atoms with Gasteiger partial charge in [-0.25, -0.2) is 22.8 Å². The third-order valence-corrected chi connectivity index (χ3v) is 7.35. The highest BCUT2D eigenvalue weighted by molar-refractivity contribution is 7.99. The molecule has 1 amide bonds. The van der Waals surface area contributed by atoms with Crippen molar-refractivity contribution in [3.8, 4) is 0 Å². The van der Waals surface area contributed by atoms with Gasteiger partial charge in [0.15, 0.2) is 20.7 Å². The van der Waals surface area contributed by atoms with Crippen LogP contribution in [-0.4, -0.2) is 52.0 Å². The Morgan fingerprint density at radius 3 is 2.62 bits per heavy atom. The molecule has 1 atom stereocenters. The number of rotatable bonds is 6. The molecule has 10 heteroatoms. The Kier molecular flexibility index (Phi) is 6.80. The van der Waals surface area contributed by atoms with Crippen molar-refractivity contribution >= 4 is 39.1 Å². The first kappa shape index (κ1) is 22.0. The van der Waals surface area contributed by atoms with Crippen LogP contribution in [0.5, 0.6) is 0 Å². The van der Waals surface area contributed by atoms with E-state index >= 15 is 0 Å². The first-order valence-corrected chi connectivity index (χ1v) is 12.2. The normalized spacial score (nSPS) is 18.2. The second-order valence-corrected chi connectivity index (χ2v) is 11.3. The molecule has 1 fully saturated rings. The lowest BCUT2D eigenvalue weighted by Crippen LogP contribution is -2.41. The van der Waals surface area contributed by atoms with Gasteiger partial charge in [0, 0.05) is 17.8 Å². The van der Waals surface area contributed by atoms with Crippen molar-refractivity contribution in [2.75, 3.05) is 11.5 Å². The summed E-state index contributed by atoms with van der Waals surface area (Å²) in [7, 11) is -3.21. The summed E-state index contributed by atoms with van der Waals surface area (Å²) in [4.78, 5) is 23.3. The Balaban J connectivity index is 1.94. The average Bonchev–Trinajstić information content (AvgIpc) is 3.01. The molecule has 1 aliphatic heterocycles. The van der Waals surface area contributed by atoms with E-state index in [1.165, 1.54) is 35.0 Å². The molecular formula is C19H21ClFN3O3S2. The topological polar surface area (TPSA) is 80.2 Å². The van der Waals surface area contributed by atoms with E-state index in [1.807, 2.05) is 13.8 Å². The summed E-state index contributed by atoms with van der Waals surface area (Å²) in [5, 5.41) is 0.746. The van der Waals surface area contributed by atoms with Gasteiger partial charge in [-0.3, -0.25) is 4.79 Å². The number of carbonyl (C=O) groups excluding carboxylic acids is 1. The van der Waals surface area contributed by atoms with Gasteiger partial charge in [-0.2, -0.15) is 0 Å². The van der Waals surface area contributed by atoms with Crippen molar-refractivity contribution in [2.24, 2.45) is 0 Å². The summed E-state index contributed by atoms with van der Waals surface area (Å²) >= 11 is 7.61. The molecule has 2 aromatic rings. The lowest BCUT2D eigenvalue weighted by Gasteiger charge is -2.28. The lowest BCUT2D eigenvalue weighted by atomic mass is 10.1. The predicted molar refractivity (Wildman–Crippen MR) is 111 cm³/mol. The fraction of sp³-hybridized carbons (Fsp3) is 0.421. The molecule has 1 saturated heterocycles. The second kappa shape index (κ2) is 8.97. The molecule has 0 saturated carbocycles. The van der Waals surface area contributed by atoms with Gasteiger partial charge in [-0.1, -0.05) is 49.3 Å². The third-order valence-electron chi connectivity index (χ3n) is 4.44. The molecule has 3 rings (SSSR count). The van der Waals surface area contributed by atoms with E-state index in [2.05, 4.69) is 9.97 Å². The first-order chi connectivity index (χ1) is 13.6. The molecular weight excluding hydrogens is 437 g/mol. The number of aromatic nitrogens is 2. The fourth-order valence-corrected chi connectivity index (χ4v) is 5.66. The van der Waals surface area contributed by atoms with Gasteiger partial charge < -0.3 is 4.90 Å². The molecule has 2 heterocycles. The van der Waals surface area contributed by atoms with Crippen LogP contribution in [0.4, 0.5) is 4.39 Å². The highest BCUT2D eigenvalue weighted by Crippen LogP contribution is 2.26. The van der Waals surface area contributed by atoms with Crippen LogP contribution < -0.4 is 0 Å². The Morgan fingerprint density at radius 2 is 2.03 bits per heavy atom. The molecule has 1 aromatic heterocycles. The molecule has 156 valence electrons. The minimum Gasteiger partial charge on any atom is -0.329 e. The Labute approximate surface area is 178 Å². The number of hydrogen-bond acceptors (Lipinski definition) is 6. The largest absolute Gasteiger partial charge is 0.329 e. The van der Waals surface area contributed by atoms with E-state index in [-0.39, 0.29) is 39.8 Å². The Hall–Kier alpha value is -1.71. The van der Waals surface area contributed by atoms with Gasteiger partial charge in [0.2, 0.25) is 0 Å². The smallest absolute Gasteiger partial charge is 0.274 e. The third kappa shape index (κ3) is 5.67. The monoisotopic (exact) mass is 457 g/mol. The predicted octanol–water partition coefficient (Wildman–Crippen LogP) is 3.60. The molecule has 0 unspecified atom stereocenters. The average molecular weight is 458 g/mol. The maximum absolute atomic E-state index is 13.3. The summed E-state index contributed by atoms with van der Waals surface area (Å²) in [6.45, 7) is 4.09. The zero-order valence-corrected chi connectivity index (χ0v) is 18.4. The minimum absolute atomic E-state index is 0.0246. The zero-order chi connectivity index (χ0) is 21.2. The minimum atomic E-state index is -3.21.